The average Bonchev–Trinajstić information content (AvgIpc) is 2.69. The largest absolute Gasteiger partial charge is 0.469 e. The maximum Gasteiger partial charge on any atom is 0.308 e. The molecule has 0 radical (unpaired) electrons. The number of rotatable bonds is 14. The molecular weight excluding hydrogens is 464 g/mol. The fourth-order valence-corrected chi connectivity index (χ4v) is 3.30. The fraction of sp³-hybridized carbons (Fsp3) is 0.826. The summed E-state index contributed by atoms with van der Waals surface area (Å²) in [7, 11) is 1.22. The minimum absolute atomic E-state index is 0. The van der Waals surface area contributed by atoms with Gasteiger partial charge in [0.15, 0.2) is 0 Å². The van der Waals surface area contributed by atoms with Crippen LogP contribution in [0, 0.1) is 17.8 Å². The van der Waals surface area contributed by atoms with Gasteiger partial charge in [-0.15, -0.1) is 12.4 Å². The maximum absolute atomic E-state index is 12.8. The van der Waals surface area contributed by atoms with E-state index in [1.165, 1.54) is 14.0 Å². The van der Waals surface area contributed by atoms with Gasteiger partial charge >= 0.3 is 5.97 Å². The van der Waals surface area contributed by atoms with E-state index in [1.54, 1.807) is 13.8 Å². The highest BCUT2D eigenvalue weighted by molar-refractivity contribution is 5.93. The van der Waals surface area contributed by atoms with E-state index in [2.05, 4.69) is 20.7 Å². The van der Waals surface area contributed by atoms with Crippen LogP contribution < -0.4 is 21.7 Å². The molecule has 6 N–H and O–H groups in total. The molecule has 0 aliphatic rings. The molecule has 0 heterocycles. The van der Waals surface area contributed by atoms with Gasteiger partial charge < -0.3 is 31.5 Å². The van der Waals surface area contributed by atoms with E-state index in [4.69, 9.17) is 5.73 Å². The maximum atomic E-state index is 12.8. The van der Waals surface area contributed by atoms with Crippen molar-refractivity contribution >= 4 is 36.1 Å². The zero-order valence-electron chi connectivity index (χ0n) is 21.7. The van der Waals surface area contributed by atoms with Crippen LogP contribution in [0.2, 0.25) is 0 Å². The molecule has 0 aromatic carbocycles. The third-order valence-electron chi connectivity index (χ3n) is 5.18. The molecular formula is C23H45ClN4O6. The highest BCUT2D eigenvalue weighted by atomic mass is 35.5. The number of methoxy groups -OCH3 is 1. The van der Waals surface area contributed by atoms with Crippen molar-refractivity contribution in [2.24, 2.45) is 23.5 Å². The molecule has 0 fully saturated rings. The highest BCUT2D eigenvalue weighted by Gasteiger charge is 2.31. The average molecular weight is 509 g/mol. The highest BCUT2D eigenvalue weighted by Crippen LogP contribution is 2.12. The number of carbonyl (C=O) groups excluding carboxylic acids is 4. The van der Waals surface area contributed by atoms with Gasteiger partial charge in [-0.2, -0.15) is 0 Å². The van der Waals surface area contributed by atoms with Crippen LogP contribution in [0.3, 0.4) is 0 Å². The Morgan fingerprint density at radius 2 is 1.35 bits per heavy atom. The van der Waals surface area contributed by atoms with Gasteiger partial charge in [-0.3, -0.25) is 19.2 Å². The van der Waals surface area contributed by atoms with Crippen molar-refractivity contribution in [3.63, 3.8) is 0 Å². The lowest BCUT2D eigenvalue weighted by molar-refractivity contribution is -0.144. The third kappa shape index (κ3) is 13.1. The van der Waals surface area contributed by atoms with Crippen molar-refractivity contribution in [2.75, 3.05) is 7.11 Å². The van der Waals surface area contributed by atoms with Gasteiger partial charge in [0, 0.05) is 0 Å². The molecule has 0 saturated carbocycles. The predicted octanol–water partition coefficient (Wildman–Crippen LogP) is 0.882. The second kappa shape index (κ2) is 16.7. The first kappa shape index (κ1) is 34.3. The summed E-state index contributed by atoms with van der Waals surface area (Å²) in [5, 5.41) is 18.4. The molecule has 10 nitrogen and oxygen atoms in total. The summed E-state index contributed by atoms with van der Waals surface area (Å²) in [4.78, 5) is 49.4. The van der Waals surface area contributed by atoms with E-state index in [1.807, 2.05) is 27.7 Å². The van der Waals surface area contributed by atoms with Gasteiger partial charge in [-0.25, -0.2) is 0 Å². The van der Waals surface area contributed by atoms with Gasteiger partial charge in [-0.1, -0.05) is 41.5 Å². The topological polar surface area (TPSA) is 160 Å². The molecule has 3 amide bonds. The minimum atomic E-state index is -1.13. The lowest BCUT2D eigenvalue weighted by atomic mass is 9.97. The summed E-state index contributed by atoms with van der Waals surface area (Å²) in [6.45, 7) is 12.8. The number of halogens is 1. The Hall–Kier alpha value is -1.91. The molecule has 5 atom stereocenters. The Kier molecular flexibility index (Phi) is 16.8. The van der Waals surface area contributed by atoms with Gasteiger partial charge in [0.25, 0.3) is 0 Å². The molecule has 0 rings (SSSR count). The summed E-state index contributed by atoms with van der Waals surface area (Å²) in [5.41, 5.74) is 5.92. The Morgan fingerprint density at radius 1 is 0.824 bits per heavy atom. The van der Waals surface area contributed by atoms with Crippen LogP contribution in [0.4, 0.5) is 0 Å². The van der Waals surface area contributed by atoms with Crippen molar-refractivity contribution in [3.05, 3.63) is 0 Å². The third-order valence-corrected chi connectivity index (χ3v) is 5.18. The van der Waals surface area contributed by atoms with E-state index < -0.39 is 54.0 Å². The number of hydrogen-bond acceptors (Lipinski definition) is 7. The zero-order valence-corrected chi connectivity index (χ0v) is 22.5. The molecule has 0 aliphatic carbocycles. The fourth-order valence-electron chi connectivity index (χ4n) is 3.30. The number of carbonyl (C=O) groups is 4. The summed E-state index contributed by atoms with van der Waals surface area (Å²) in [6, 6.07) is -3.21. The second-order valence-corrected chi connectivity index (χ2v) is 9.79. The van der Waals surface area contributed by atoms with Crippen LogP contribution in [0.1, 0.15) is 67.7 Å². The number of aliphatic hydroxyl groups is 1. The number of esters is 1. The first-order chi connectivity index (χ1) is 15.2. The minimum Gasteiger partial charge on any atom is -0.469 e. The molecule has 0 aliphatic heterocycles. The smallest absolute Gasteiger partial charge is 0.308 e. The second-order valence-electron chi connectivity index (χ2n) is 9.79. The number of ether oxygens (including phenoxy) is 1. The first-order valence-electron chi connectivity index (χ1n) is 11.6. The monoisotopic (exact) mass is 508 g/mol. The van der Waals surface area contributed by atoms with Crippen molar-refractivity contribution < 1.29 is 29.0 Å². The molecule has 0 aromatic rings. The summed E-state index contributed by atoms with van der Waals surface area (Å²) < 4.78 is 4.59. The number of nitrogens with one attached hydrogen (secondary N) is 3. The molecule has 0 bridgehead atoms. The van der Waals surface area contributed by atoms with E-state index in [-0.39, 0.29) is 36.6 Å². The molecule has 0 unspecified atom stereocenters. The molecule has 0 aromatic heterocycles. The van der Waals surface area contributed by atoms with Crippen LogP contribution in [-0.2, 0) is 23.9 Å². The zero-order chi connectivity index (χ0) is 25.9. The van der Waals surface area contributed by atoms with Gasteiger partial charge in [-0.05, 0) is 37.5 Å². The van der Waals surface area contributed by atoms with Crippen molar-refractivity contribution in [1.29, 1.82) is 0 Å². The molecule has 200 valence electrons. The molecule has 11 heteroatoms. The van der Waals surface area contributed by atoms with Gasteiger partial charge in [0.1, 0.15) is 12.1 Å². The Balaban J connectivity index is 0. The number of amides is 3. The first-order valence-corrected chi connectivity index (χ1v) is 11.6. The van der Waals surface area contributed by atoms with Crippen molar-refractivity contribution in [3.8, 4) is 0 Å². The Morgan fingerprint density at radius 3 is 1.79 bits per heavy atom. The summed E-state index contributed by atoms with van der Waals surface area (Å²) in [5.74, 6) is -1.88. The van der Waals surface area contributed by atoms with Gasteiger partial charge in [0.2, 0.25) is 17.7 Å². The van der Waals surface area contributed by atoms with Crippen LogP contribution in [0.15, 0.2) is 0 Å². The van der Waals surface area contributed by atoms with Crippen LogP contribution in [-0.4, -0.2) is 66.2 Å². The summed E-state index contributed by atoms with van der Waals surface area (Å²) in [6.07, 6.45) is -0.463. The van der Waals surface area contributed by atoms with E-state index in [0.717, 1.165) is 0 Å². The van der Waals surface area contributed by atoms with E-state index in [9.17, 15) is 24.3 Å². The van der Waals surface area contributed by atoms with Gasteiger partial charge in [0.05, 0.1) is 31.7 Å². The normalized spacial score (nSPS) is 15.6. The Bertz CT molecular complexity index is 659. The van der Waals surface area contributed by atoms with Crippen LogP contribution >= 0.6 is 12.4 Å². The lowest BCUT2D eigenvalue weighted by Crippen LogP contribution is -2.58. The standard InChI is InChI=1S/C23H44N4O6.ClH/c1-12(2)9-16(24)22(31)27-20(14(5)6)23(32)25-15(7)21(30)26-17(10-13(3)4)18(28)11-19(29)33-8;/h12-18,20,28H,9-11,24H2,1-8H3,(H,25,32)(H,26,30)(H,27,31);1H/t15-,16-,17-,18-,20-;/m0./s1. The predicted molar refractivity (Wildman–Crippen MR) is 133 cm³/mol. The van der Waals surface area contributed by atoms with Crippen molar-refractivity contribution in [1.82, 2.24) is 16.0 Å². The number of nitrogens with two attached hydrogens (primary N) is 1. The van der Waals surface area contributed by atoms with E-state index >= 15 is 0 Å². The van der Waals surface area contributed by atoms with Crippen LogP contribution in [0.25, 0.3) is 0 Å². The number of aliphatic hydroxyl groups excluding tert-OH is 1. The van der Waals surface area contributed by atoms with Crippen LogP contribution in [0.5, 0.6) is 0 Å². The quantitative estimate of drug-likeness (QED) is 0.218. The van der Waals surface area contributed by atoms with Crippen molar-refractivity contribution in [2.45, 2.75) is 98.0 Å². The molecule has 34 heavy (non-hydrogen) atoms. The molecule has 0 saturated heterocycles. The molecule has 0 spiro atoms. The lowest BCUT2D eigenvalue weighted by Gasteiger charge is -2.28. The van der Waals surface area contributed by atoms with E-state index in [0.29, 0.717) is 12.8 Å². The number of hydrogen-bond donors (Lipinski definition) is 5. The SMILES string of the molecule is COC(=O)C[C@H](O)[C@H](CC(C)C)NC(=O)[C@H](C)NC(=O)[C@@H](NC(=O)[C@@H](N)CC(C)C)C(C)C.Cl. The Labute approximate surface area is 209 Å². The summed E-state index contributed by atoms with van der Waals surface area (Å²) >= 11 is 0.